The maximum atomic E-state index is 12.2. The third kappa shape index (κ3) is 6.23. The highest BCUT2D eigenvalue weighted by atomic mass is 16.4. The molecule has 0 radical (unpaired) electrons. The minimum atomic E-state index is -0.758. The second-order valence-corrected chi connectivity index (χ2v) is 6.00. The van der Waals surface area contributed by atoms with Gasteiger partial charge in [-0.25, -0.2) is 4.79 Å². The number of carboxylic acid groups (broad SMARTS) is 1. The van der Waals surface area contributed by atoms with Crippen molar-refractivity contribution in [3.8, 4) is 0 Å². The molecule has 2 unspecified atom stereocenters. The van der Waals surface area contributed by atoms with Gasteiger partial charge in [0.25, 0.3) is 0 Å². The monoisotopic (exact) mass is 285 g/mol. The van der Waals surface area contributed by atoms with Crippen molar-refractivity contribution in [2.45, 2.75) is 38.6 Å². The van der Waals surface area contributed by atoms with Crippen molar-refractivity contribution in [3.05, 3.63) is 0 Å². The molecule has 6 nitrogen and oxygen atoms in total. The van der Waals surface area contributed by atoms with E-state index in [9.17, 15) is 9.59 Å². The van der Waals surface area contributed by atoms with Gasteiger partial charge in [0.2, 0.25) is 0 Å². The number of hydrogen-bond donors (Lipinski definition) is 2. The van der Waals surface area contributed by atoms with Crippen molar-refractivity contribution >= 4 is 12.0 Å². The molecule has 0 aromatic carbocycles. The molecular formula is C14H27N3O3. The molecule has 2 amide bonds. The Hall–Kier alpha value is -1.30. The van der Waals surface area contributed by atoms with Crippen molar-refractivity contribution < 1.29 is 14.7 Å². The summed E-state index contributed by atoms with van der Waals surface area (Å²) in [5.41, 5.74) is 0. The molecule has 0 aromatic heterocycles. The first-order chi connectivity index (χ1) is 9.38. The topological polar surface area (TPSA) is 72.9 Å². The van der Waals surface area contributed by atoms with Gasteiger partial charge >= 0.3 is 12.0 Å². The van der Waals surface area contributed by atoms with Gasteiger partial charge in [-0.3, -0.25) is 4.79 Å². The Morgan fingerprint density at radius 1 is 1.45 bits per heavy atom. The van der Waals surface area contributed by atoms with Crippen molar-refractivity contribution in [2.75, 3.05) is 33.7 Å². The van der Waals surface area contributed by atoms with Crippen molar-refractivity contribution in [3.63, 3.8) is 0 Å². The Bertz CT molecular complexity index is 334. The fraction of sp³-hybridized carbons (Fsp3) is 0.857. The summed E-state index contributed by atoms with van der Waals surface area (Å²) in [6.07, 6.45) is 2.83. The average Bonchev–Trinajstić information content (AvgIpc) is 2.35. The number of nitrogens with zero attached hydrogens (tertiary/aromatic N) is 2. The van der Waals surface area contributed by atoms with Gasteiger partial charge in [-0.05, 0) is 46.2 Å². The minimum Gasteiger partial charge on any atom is -0.481 e. The number of urea groups is 1. The molecule has 2 N–H and O–H groups in total. The molecule has 1 heterocycles. The summed E-state index contributed by atoms with van der Waals surface area (Å²) in [5.74, 6) is -0.444. The van der Waals surface area contributed by atoms with Gasteiger partial charge in [0, 0.05) is 32.1 Å². The highest BCUT2D eigenvalue weighted by Crippen LogP contribution is 2.21. The Morgan fingerprint density at radius 2 is 2.15 bits per heavy atom. The van der Waals surface area contributed by atoms with E-state index in [0.29, 0.717) is 18.9 Å². The van der Waals surface area contributed by atoms with Crippen molar-refractivity contribution in [1.29, 1.82) is 0 Å². The van der Waals surface area contributed by atoms with Gasteiger partial charge in [0.15, 0.2) is 0 Å². The number of rotatable bonds is 6. The van der Waals surface area contributed by atoms with Gasteiger partial charge in [-0.15, -0.1) is 0 Å². The summed E-state index contributed by atoms with van der Waals surface area (Å²) in [5, 5.41) is 11.7. The Kier molecular flexibility index (Phi) is 6.78. The van der Waals surface area contributed by atoms with E-state index < -0.39 is 5.97 Å². The molecule has 1 aliphatic heterocycles. The lowest BCUT2D eigenvalue weighted by Crippen LogP contribution is -2.50. The van der Waals surface area contributed by atoms with Crippen LogP contribution < -0.4 is 5.32 Å². The van der Waals surface area contributed by atoms with Crippen LogP contribution in [0.25, 0.3) is 0 Å². The highest BCUT2D eigenvalue weighted by Gasteiger charge is 2.24. The normalized spacial score (nSPS) is 20.8. The van der Waals surface area contributed by atoms with Crippen molar-refractivity contribution in [1.82, 2.24) is 15.1 Å². The number of carbonyl (C=O) groups is 2. The third-order valence-corrected chi connectivity index (χ3v) is 3.58. The number of piperidine rings is 1. The summed E-state index contributed by atoms with van der Waals surface area (Å²) in [6.45, 7) is 4.24. The Balaban J connectivity index is 2.37. The molecule has 1 saturated heterocycles. The quantitative estimate of drug-likeness (QED) is 0.769. The van der Waals surface area contributed by atoms with Crippen LogP contribution in [0.3, 0.4) is 0 Å². The lowest BCUT2D eigenvalue weighted by molar-refractivity contribution is -0.137. The minimum absolute atomic E-state index is 0.0284. The molecule has 1 rings (SSSR count). The van der Waals surface area contributed by atoms with E-state index in [1.54, 1.807) is 0 Å². The van der Waals surface area contributed by atoms with Crippen LogP contribution in [-0.2, 0) is 4.79 Å². The number of carboxylic acids is 1. The number of nitrogens with one attached hydrogen (secondary N) is 1. The van der Waals surface area contributed by atoms with Crippen LogP contribution in [0.4, 0.5) is 4.79 Å². The lowest BCUT2D eigenvalue weighted by Gasteiger charge is -2.33. The first-order valence-electron chi connectivity index (χ1n) is 7.30. The summed E-state index contributed by atoms with van der Waals surface area (Å²) >= 11 is 0. The molecule has 0 aromatic rings. The van der Waals surface area contributed by atoms with E-state index in [1.165, 1.54) is 0 Å². The standard InChI is InChI=1S/C14H27N3O3/c1-11(9-16(2)3)15-14(20)17-8-4-5-12(10-17)6-7-13(18)19/h11-12H,4-10H2,1-3H3,(H,15,20)(H,18,19). The van der Waals surface area contributed by atoms with Crippen LogP contribution >= 0.6 is 0 Å². The van der Waals surface area contributed by atoms with Crippen LogP contribution in [0, 0.1) is 5.92 Å². The zero-order valence-corrected chi connectivity index (χ0v) is 12.8. The molecule has 20 heavy (non-hydrogen) atoms. The summed E-state index contributed by atoms with van der Waals surface area (Å²) in [6, 6.07) is 0.0799. The van der Waals surface area contributed by atoms with E-state index in [-0.39, 0.29) is 18.5 Å². The Morgan fingerprint density at radius 3 is 2.75 bits per heavy atom. The predicted octanol–water partition coefficient (Wildman–Crippen LogP) is 1.22. The predicted molar refractivity (Wildman–Crippen MR) is 77.7 cm³/mol. The van der Waals surface area contributed by atoms with Crippen LogP contribution in [0.15, 0.2) is 0 Å². The van der Waals surface area contributed by atoms with E-state index in [0.717, 1.165) is 25.9 Å². The SMILES string of the molecule is CC(CN(C)C)NC(=O)N1CCCC(CCC(=O)O)C1. The highest BCUT2D eigenvalue weighted by molar-refractivity contribution is 5.74. The number of aliphatic carboxylic acids is 1. The number of likely N-dealkylation sites (tertiary alicyclic amines) is 1. The fourth-order valence-electron chi connectivity index (χ4n) is 2.71. The molecule has 0 aliphatic carbocycles. The van der Waals surface area contributed by atoms with Gasteiger partial charge in [-0.2, -0.15) is 0 Å². The first kappa shape index (κ1) is 16.8. The number of carbonyl (C=O) groups excluding carboxylic acids is 1. The van der Waals surface area contributed by atoms with Gasteiger partial charge in [0.05, 0.1) is 0 Å². The fourth-order valence-corrected chi connectivity index (χ4v) is 2.71. The summed E-state index contributed by atoms with van der Waals surface area (Å²) < 4.78 is 0. The molecule has 0 saturated carbocycles. The number of likely N-dealkylation sites (N-methyl/N-ethyl adjacent to an activating group) is 1. The molecule has 6 heteroatoms. The maximum Gasteiger partial charge on any atom is 0.317 e. The van der Waals surface area contributed by atoms with Crippen LogP contribution in [0.5, 0.6) is 0 Å². The van der Waals surface area contributed by atoms with Crippen LogP contribution in [0.1, 0.15) is 32.6 Å². The first-order valence-corrected chi connectivity index (χ1v) is 7.30. The molecule has 2 atom stereocenters. The van der Waals surface area contributed by atoms with E-state index in [4.69, 9.17) is 5.11 Å². The van der Waals surface area contributed by atoms with Crippen LogP contribution in [0.2, 0.25) is 0 Å². The van der Waals surface area contributed by atoms with Gasteiger partial charge in [-0.1, -0.05) is 0 Å². The number of amides is 2. The van der Waals surface area contributed by atoms with Crippen molar-refractivity contribution in [2.24, 2.45) is 5.92 Å². The lowest BCUT2D eigenvalue weighted by atomic mass is 9.93. The molecular weight excluding hydrogens is 258 g/mol. The van der Waals surface area contributed by atoms with E-state index in [2.05, 4.69) is 5.32 Å². The molecule has 0 bridgehead atoms. The molecule has 1 aliphatic rings. The average molecular weight is 285 g/mol. The zero-order valence-electron chi connectivity index (χ0n) is 12.8. The third-order valence-electron chi connectivity index (χ3n) is 3.58. The smallest absolute Gasteiger partial charge is 0.317 e. The molecule has 116 valence electrons. The van der Waals surface area contributed by atoms with Gasteiger partial charge in [0.1, 0.15) is 0 Å². The van der Waals surface area contributed by atoms with Crippen LogP contribution in [-0.4, -0.2) is 66.7 Å². The Labute approximate surface area is 121 Å². The second-order valence-electron chi connectivity index (χ2n) is 6.00. The summed E-state index contributed by atoms with van der Waals surface area (Å²) in [7, 11) is 3.96. The number of hydrogen-bond acceptors (Lipinski definition) is 3. The van der Waals surface area contributed by atoms with Gasteiger partial charge < -0.3 is 20.2 Å². The van der Waals surface area contributed by atoms with E-state index in [1.807, 2.05) is 30.8 Å². The second kappa shape index (κ2) is 8.09. The zero-order chi connectivity index (χ0) is 15.1. The summed E-state index contributed by atoms with van der Waals surface area (Å²) in [4.78, 5) is 26.6. The molecule has 1 fully saturated rings. The molecule has 0 spiro atoms. The van der Waals surface area contributed by atoms with E-state index >= 15 is 0 Å². The maximum absolute atomic E-state index is 12.2. The largest absolute Gasteiger partial charge is 0.481 e.